The van der Waals surface area contributed by atoms with E-state index in [1.165, 1.54) is 0 Å². The maximum absolute atomic E-state index is 12.6. The van der Waals surface area contributed by atoms with Crippen LogP contribution in [0.4, 0.5) is 5.82 Å². The number of carbonyl (C=O) groups is 1. The van der Waals surface area contributed by atoms with Crippen LogP contribution in [0.25, 0.3) is 0 Å². The van der Waals surface area contributed by atoms with Crippen LogP contribution in [0.3, 0.4) is 0 Å². The van der Waals surface area contributed by atoms with Gasteiger partial charge < -0.3 is 10.2 Å². The van der Waals surface area contributed by atoms with Gasteiger partial charge >= 0.3 is 0 Å². The topological polar surface area (TPSA) is 86.8 Å². The molecule has 2 aliphatic rings. The van der Waals surface area contributed by atoms with Gasteiger partial charge in [-0.05, 0) is 31.4 Å². The Balaban J connectivity index is 1.58. The predicted octanol–water partition coefficient (Wildman–Crippen LogP) is 2.24. The maximum atomic E-state index is 12.6. The van der Waals surface area contributed by atoms with Crippen LogP contribution >= 0.6 is 0 Å². The van der Waals surface area contributed by atoms with Crippen molar-refractivity contribution in [3.63, 3.8) is 0 Å². The van der Waals surface area contributed by atoms with Crippen LogP contribution in [0.2, 0.25) is 0 Å². The fraction of sp³-hybridized carbons (Fsp3) is 0.474. The van der Waals surface area contributed by atoms with Gasteiger partial charge in [-0.3, -0.25) is 9.48 Å². The number of nitriles is 1. The number of nitrogens with zero attached hydrogens (tertiary/aromatic N) is 5. The highest BCUT2D eigenvalue weighted by molar-refractivity contribution is 5.78. The predicted molar refractivity (Wildman–Crippen MR) is 96.0 cm³/mol. The number of anilines is 1. The molecule has 26 heavy (non-hydrogen) atoms. The monoisotopic (exact) mass is 350 g/mol. The van der Waals surface area contributed by atoms with Gasteiger partial charge in [-0.15, -0.1) is 0 Å². The third kappa shape index (κ3) is 3.15. The van der Waals surface area contributed by atoms with Crippen molar-refractivity contribution >= 4 is 11.7 Å². The number of amides is 1. The minimum absolute atomic E-state index is 0.0270. The zero-order chi connectivity index (χ0) is 18.1. The SMILES string of the molecule is Cn1cc([C@@H]2[C@@H](CNc3ncccc3C#N)CCC(=O)N2C2CC2)cn1. The van der Waals surface area contributed by atoms with Gasteiger partial charge in [-0.1, -0.05) is 0 Å². The second kappa shape index (κ2) is 6.79. The third-order valence-corrected chi connectivity index (χ3v) is 5.23. The lowest BCUT2D eigenvalue weighted by atomic mass is 9.85. The van der Waals surface area contributed by atoms with Gasteiger partial charge in [-0.2, -0.15) is 10.4 Å². The molecule has 0 spiro atoms. The second-order valence-electron chi connectivity index (χ2n) is 7.12. The summed E-state index contributed by atoms with van der Waals surface area (Å²) in [6.07, 6.45) is 9.13. The summed E-state index contributed by atoms with van der Waals surface area (Å²) in [6.45, 7) is 0.668. The van der Waals surface area contributed by atoms with E-state index in [4.69, 9.17) is 0 Å². The molecule has 2 aromatic heterocycles. The summed E-state index contributed by atoms with van der Waals surface area (Å²) in [5, 5.41) is 16.9. The van der Waals surface area contributed by atoms with Crippen LogP contribution in [0.5, 0.6) is 0 Å². The Hall–Kier alpha value is -2.88. The number of carbonyl (C=O) groups excluding carboxylic acids is 1. The van der Waals surface area contributed by atoms with Crippen molar-refractivity contribution in [1.82, 2.24) is 19.7 Å². The first kappa shape index (κ1) is 16.6. The number of aryl methyl sites for hydroxylation is 1. The maximum Gasteiger partial charge on any atom is 0.223 e. The van der Waals surface area contributed by atoms with E-state index in [1.54, 1.807) is 23.0 Å². The molecule has 2 atom stereocenters. The molecule has 1 amide bonds. The van der Waals surface area contributed by atoms with Gasteiger partial charge in [-0.25, -0.2) is 4.98 Å². The van der Waals surface area contributed by atoms with Gasteiger partial charge in [0.05, 0.1) is 17.8 Å². The first-order valence-corrected chi connectivity index (χ1v) is 9.06. The molecule has 1 N–H and O–H groups in total. The number of aromatic nitrogens is 3. The van der Waals surface area contributed by atoms with E-state index in [9.17, 15) is 10.1 Å². The smallest absolute Gasteiger partial charge is 0.223 e. The Morgan fingerprint density at radius 1 is 1.38 bits per heavy atom. The Bertz CT molecular complexity index is 850. The van der Waals surface area contributed by atoms with Crippen molar-refractivity contribution in [1.29, 1.82) is 5.26 Å². The van der Waals surface area contributed by atoms with E-state index < -0.39 is 0 Å². The van der Waals surface area contributed by atoms with E-state index >= 15 is 0 Å². The fourth-order valence-electron chi connectivity index (χ4n) is 3.87. The fourth-order valence-corrected chi connectivity index (χ4v) is 3.87. The molecule has 7 heteroatoms. The number of nitrogens with one attached hydrogen (secondary N) is 1. The summed E-state index contributed by atoms with van der Waals surface area (Å²) < 4.78 is 1.79. The molecule has 3 heterocycles. The molecule has 1 saturated carbocycles. The molecule has 0 bridgehead atoms. The van der Waals surface area contributed by atoms with Crippen molar-refractivity contribution in [2.45, 2.75) is 37.8 Å². The highest BCUT2D eigenvalue weighted by atomic mass is 16.2. The second-order valence-corrected chi connectivity index (χ2v) is 7.12. The molecule has 1 aliphatic heterocycles. The summed E-state index contributed by atoms with van der Waals surface area (Å²) in [5.41, 5.74) is 1.62. The lowest BCUT2D eigenvalue weighted by Crippen LogP contribution is -2.46. The lowest BCUT2D eigenvalue weighted by Gasteiger charge is -2.41. The van der Waals surface area contributed by atoms with Crippen LogP contribution in [0.1, 0.15) is 42.9 Å². The number of pyridine rings is 1. The molecule has 0 unspecified atom stereocenters. The molecule has 4 rings (SSSR count). The van der Waals surface area contributed by atoms with Crippen LogP contribution < -0.4 is 5.32 Å². The standard InChI is InChI=1S/C19H22N6O/c1-24-12-15(11-23-24)18-14(4-7-17(26)25(18)16-5-6-16)10-22-19-13(9-20)3-2-8-21-19/h2-3,8,11-12,14,16,18H,4-7,10H2,1H3,(H,21,22)/t14-,18+/m1/s1. The molecule has 134 valence electrons. The average molecular weight is 350 g/mol. The van der Waals surface area contributed by atoms with E-state index in [-0.39, 0.29) is 17.9 Å². The molecule has 1 aliphatic carbocycles. The molecule has 2 fully saturated rings. The first-order valence-electron chi connectivity index (χ1n) is 9.06. The Morgan fingerprint density at radius 2 is 2.23 bits per heavy atom. The number of rotatable bonds is 5. The molecular formula is C19H22N6O. The van der Waals surface area contributed by atoms with Gasteiger partial charge in [0.25, 0.3) is 0 Å². The zero-order valence-electron chi connectivity index (χ0n) is 14.8. The Kier molecular flexibility index (Phi) is 4.33. The summed E-state index contributed by atoms with van der Waals surface area (Å²) in [6, 6.07) is 6.08. The number of likely N-dealkylation sites (tertiary alicyclic amines) is 1. The van der Waals surface area contributed by atoms with Crippen LogP contribution in [-0.4, -0.2) is 38.2 Å². The minimum atomic E-state index is 0.0270. The highest BCUT2D eigenvalue weighted by Crippen LogP contribution is 2.43. The highest BCUT2D eigenvalue weighted by Gasteiger charge is 2.44. The normalized spacial score (nSPS) is 22.9. The van der Waals surface area contributed by atoms with Crippen molar-refractivity contribution in [2.75, 3.05) is 11.9 Å². The van der Waals surface area contributed by atoms with Crippen molar-refractivity contribution < 1.29 is 4.79 Å². The van der Waals surface area contributed by atoms with Crippen LogP contribution in [-0.2, 0) is 11.8 Å². The Morgan fingerprint density at radius 3 is 2.92 bits per heavy atom. The summed E-state index contributed by atoms with van der Waals surface area (Å²) in [7, 11) is 1.90. The van der Waals surface area contributed by atoms with Crippen LogP contribution in [0.15, 0.2) is 30.7 Å². The molecule has 0 aromatic carbocycles. The van der Waals surface area contributed by atoms with E-state index in [1.807, 2.05) is 19.4 Å². The van der Waals surface area contributed by atoms with Gasteiger partial charge in [0.1, 0.15) is 11.9 Å². The molecule has 2 aromatic rings. The third-order valence-electron chi connectivity index (χ3n) is 5.23. The Labute approximate surface area is 152 Å². The van der Waals surface area contributed by atoms with Crippen molar-refractivity contribution in [2.24, 2.45) is 13.0 Å². The molecule has 1 saturated heterocycles. The van der Waals surface area contributed by atoms with Crippen molar-refractivity contribution in [3.05, 3.63) is 41.9 Å². The average Bonchev–Trinajstić information content (AvgIpc) is 3.41. The molecule has 7 nitrogen and oxygen atoms in total. The molecular weight excluding hydrogens is 328 g/mol. The van der Waals surface area contributed by atoms with Gasteiger partial charge in [0, 0.05) is 49.9 Å². The number of piperidine rings is 1. The minimum Gasteiger partial charge on any atom is -0.369 e. The van der Waals surface area contributed by atoms with E-state index in [0.29, 0.717) is 30.4 Å². The largest absolute Gasteiger partial charge is 0.369 e. The van der Waals surface area contributed by atoms with Gasteiger partial charge in [0.15, 0.2) is 0 Å². The zero-order valence-corrected chi connectivity index (χ0v) is 14.8. The first-order chi connectivity index (χ1) is 12.7. The summed E-state index contributed by atoms with van der Waals surface area (Å²) >= 11 is 0. The van der Waals surface area contributed by atoms with Crippen LogP contribution in [0, 0.1) is 17.2 Å². The summed E-state index contributed by atoms with van der Waals surface area (Å²) in [5.74, 6) is 1.11. The van der Waals surface area contributed by atoms with E-state index in [0.717, 1.165) is 24.8 Å². The number of hydrogen-bond acceptors (Lipinski definition) is 5. The number of hydrogen-bond donors (Lipinski definition) is 1. The van der Waals surface area contributed by atoms with Crippen molar-refractivity contribution in [3.8, 4) is 6.07 Å². The lowest BCUT2D eigenvalue weighted by molar-refractivity contribution is -0.139. The summed E-state index contributed by atoms with van der Waals surface area (Å²) in [4.78, 5) is 19.0. The van der Waals surface area contributed by atoms with E-state index in [2.05, 4.69) is 26.4 Å². The van der Waals surface area contributed by atoms with Gasteiger partial charge in [0.2, 0.25) is 5.91 Å². The quantitative estimate of drug-likeness (QED) is 0.894. The molecule has 0 radical (unpaired) electrons.